The Hall–Kier alpha value is -3.54. The fraction of sp³-hybridized carbons (Fsp3) is 0.250. The summed E-state index contributed by atoms with van der Waals surface area (Å²) in [5.41, 5.74) is 3.56. The van der Waals surface area contributed by atoms with E-state index in [1.165, 1.54) is 30.7 Å². The molecule has 1 atom stereocenters. The number of anilines is 1. The molecule has 0 spiro atoms. The van der Waals surface area contributed by atoms with Gasteiger partial charge in [0.25, 0.3) is 0 Å². The maximum absolute atomic E-state index is 12.5. The molecule has 6 nitrogen and oxygen atoms in total. The Balaban J connectivity index is 1.41. The molecule has 3 aromatic rings. The predicted molar refractivity (Wildman–Crippen MR) is 113 cm³/mol. The van der Waals surface area contributed by atoms with E-state index in [0.29, 0.717) is 23.9 Å². The topological polar surface area (TPSA) is 69.0 Å². The molecule has 2 heterocycles. The lowest BCUT2D eigenvalue weighted by Crippen LogP contribution is -2.29. The molecule has 0 N–H and O–H groups in total. The molecule has 1 aliphatic heterocycles. The Morgan fingerprint density at radius 2 is 1.93 bits per heavy atom. The largest absolute Gasteiger partial charge is 0.482 e. The van der Waals surface area contributed by atoms with Crippen LogP contribution in [0.4, 0.5) is 5.69 Å². The lowest BCUT2D eigenvalue weighted by atomic mass is 10.1. The molecule has 2 aromatic carbocycles. The van der Waals surface area contributed by atoms with E-state index in [2.05, 4.69) is 28.7 Å². The minimum absolute atomic E-state index is 0.158. The first kappa shape index (κ1) is 19.8. The van der Waals surface area contributed by atoms with Crippen molar-refractivity contribution in [3.63, 3.8) is 0 Å². The number of carbonyl (C=O) groups is 1. The van der Waals surface area contributed by atoms with Gasteiger partial charge in [-0.25, -0.2) is 4.79 Å². The summed E-state index contributed by atoms with van der Waals surface area (Å²) in [7, 11) is 1.34. The second-order valence-electron chi connectivity index (χ2n) is 7.36. The van der Waals surface area contributed by atoms with Crippen molar-refractivity contribution in [2.45, 2.75) is 32.5 Å². The number of esters is 1. The summed E-state index contributed by atoms with van der Waals surface area (Å²) in [5, 5.41) is 0. The van der Waals surface area contributed by atoms with Gasteiger partial charge in [-0.05, 0) is 42.7 Å². The number of ether oxygens (including phenoxy) is 2. The van der Waals surface area contributed by atoms with Gasteiger partial charge in [0.05, 0.1) is 19.2 Å². The zero-order valence-corrected chi connectivity index (χ0v) is 17.0. The molecular weight excluding hydrogens is 382 g/mol. The number of rotatable bonds is 6. The molecule has 0 saturated heterocycles. The number of para-hydroxylation sites is 1. The number of methoxy groups -OCH3 is 1. The summed E-state index contributed by atoms with van der Waals surface area (Å²) in [6.07, 6.45) is 2.35. The maximum atomic E-state index is 12.5. The Morgan fingerprint density at radius 1 is 1.17 bits per heavy atom. The summed E-state index contributed by atoms with van der Waals surface area (Å²) in [6, 6.07) is 17.0. The highest BCUT2D eigenvalue weighted by molar-refractivity contribution is 5.89. The molecule has 1 unspecified atom stereocenters. The van der Waals surface area contributed by atoms with Crippen molar-refractivity contribution in [3.8, 4) is 5.75 Å². The molecular formula is C24H23NO5. The fourth-order valence-electron chi connectivity index (χ4n) is 3.68. The van der Waals surface area contributed by atoms with Crippen molar-refractivity contribution in [2.75, 3.05) is 12.0 Å². The molecule has 1 aliphatic rings. The van der Waals surface area contributed by atoms with Gasteiger partial charge in [-0.3, -0.25) is 4.79 Å². The zero-order valence-electron chi connectivity index (χ0n) is 17.0. The number of carbonyl (C=O) groups excluding carboxylic acids is 1. The molecule has 0 saturated carbocycles. The molecule has 0 amide bonds. The lowest BCUT2D eigenvalue weighted by molar-refractivity contribution is 0.0600. The first-order valence-electron chi connectivity index (χ1n) is 9.81. The minimum atomic E-state index is -0.395. The normalized spacial score (nSPS) is 15.0. The molecule has 0 fully saturated rings. The third kappa shape index (κ3) is 4.08. The van der Waals surface area contributed by atoms with Crippen molar-refractivity contribution in [2.24, 2.45) is 0 Å². The summed E-state index contributed by atoms with van der Waals surface area (Å²) in [5.74, 6) is 0.359. The zero-order chi connectivity index (χ0) is 21.1. The van der Waals surface area contributed by atoms with E-state index < -0.39 is 5.97 Å². The van der Waals surface area contributed by atoms with Crippen LogP contribution in [0.15, 0.2) is 70.1 Å². The average Bonchev–Trinajstić information content (AvgIpc) is 3.08. The van der Waals surface area contributed by atoms with Gasteiger partial charge in [-0.2, -0.15) is 0 Å². The van der Waals surface area contributed by atoms with E-state index in [9.17, 15) is 9.59 Å². The van der Waals surface area contributed by atoms with E-state index in [1.54, 1.807) is 24.3 Å². The van der Waals surface area contributed by atoms with Crippen LogP contribution in [0.3, 0.4) is 0 Å². The van der Waals surface area contributed by atoms with Crippen LogP contribution in [0, 0.1) is 0 Å². The first-order valence-corrected chi connectivity index (χ1v) is 9.81. The van der Waals surface area contributed by atoms with Gasteiger partial charge >= 0.3 is 5.97 Å². The standard InChI is InChI=1S/C24H23NO5/c1-16-11-19-5-3-4-6-21(19)25(16)13-20-12-22(26)23(15-29-20)30-14-17-7-9-18(10-8-17)24(27)28-2/h3-10,12,15-16H,11,13-14H2,1-2H3. The molecule has 0 bridgehead atoms. The monoisotopic (exact) mass is 405 g/mol. The second kappa shape index (κ2) is 8.45. The van der Waals surface area contributed by atoms with Gasteiger partial charge in [0.2, 0.25) is 11.2 Å². The third-order valence-electron chi connectivity index (χ3n) is 5.30. The van der Waals surface area contributed by atoms with Crippen LogP contribution in [0.2, 0.25) is 0 Å². The number of hydrogen-bond donors (Lipinski definition) is 0. The van der Waals surface area contributed by atoms with E-state index in [-0.39, 0.29) is 17.8 Å². The van der Waals surface area contributed by atoms with Crippen molar-refractivity contribution < 1.29 is 18.7 Å². The number of nitrogens with zero attached hydrogens (tertiary/aromatic N) is 1. The van der Waals surface area contributed by atoms with Gasteiger partial charge in [-0.15, -0.1) is 0 Å². The highest BCUT2D eigenvalue weighted by Crippen LogP contribution is 2.33. The highest BCUT2D eigenvalue weighted by Gasteiger charge is 2.26. The molecule has 0 radical (unpaired) electrons. The van der Waals surface area contributed by atoms with Crippen molar-refractivity contribution in [3.05, 3.63) is 93.5 Å². The van der Waals surface area contributed by atoms with Crippen molar-refractivity contribution >= 4 is 11.7 Å². The van der Waals surface area contributed by atoms with Gasteiger partial charge < -0.3 is 18.8 Å². The van der Waals surface area contributed by atoms with Gasteiger partial charge in [-0.1, -0.05) is 30.3 Å². The highest BCUT2D eigenvalue weighted by atomic mass is 16.5. The maximum Gasteiger partial charge on any atom is 0.337 e. The third-order valence-corrected chi connectivity index (χ3v) is 5.30. The molecule has 154 valence electrons. The number of hydrogen-bond acceptors (Lipinski definition) is 6. The van der Waals surface area contributed by atoms with E-state index >= 15 is 0 Å². The summed E-state index contributed by atoms with van der Waals surface area (Å²) < 4.78 is 16.0. The van der Waals surface area contributed by atoms with Crippen LogP contribution < -0.4 is 15.1 Å². The van der Waals surface area contributed by atoms with Crippen LogP contribution >= 0.6 is 0 Å². The van der Waals surface area contributed by atoms with Crippen LogP contribution in [0.1, 0.15) is 34.2 Å². The van der Waals surface area contributed by atoms with E-state index in [1.807, 2.05) is 12.1 Å². The minimum Gasteiger partial charge on any atom is -0.482 e. The Bertz CT molecular complexity index is 1100. The summed E-state index contributed by atoms with van der Waals surface area (Å²) in [6.45, 7) is 2.89. The fourth-order valence-corrected chi connectivity index (χ4v) is 3.68. The summed E-state index contributed by atoms with van der Waals surface area (Å²) >= 11 is 0. The lowest BCUT2D eigenvalue weighted by Gasteiger charge is -2.24. The van der Waals surface area contributed by atoms with Crippen LogP contribution in [0.25, 0.3) is 0 Å². The van der Waals surface area contributed by atoms with Crippen LogP contribution in [0.5, 0.6) is 5.75 Å². The van der Waals surface area contributed by atoms with E-state index in [0.717, 1.165) is 12.0 Å². The molecule has 0 aliphatic carbocycles. The second-order valence-corrected chi connectivity index (χ2v) is 7.36. The number of fused-ring (bicyclic) bond motifs is 1. The van der Waals surface area contributed by atoms with Gasteiger partial charge in [0, 0.05) is 17.8 Å². The molecule has 6 heteroatoms. The van der Waals surface area contributed by atoms with E-state index in [4.69, 9.17) is 9.15 Å². The van der Waals surface area contributed by atoms with Crippen LogP contribution in [-0.4, -0.2) is 19.1 Å². The van der Waals surface area contributed by atoms with Crippen molar-refractivity contribution in [1.82, 2.24) is 0 Å². The summed E-state index contributed by atoms with van der Waals surface area (Å²) in [4.78, 5) is 26.2. The molecule has 4 rings (SSSR count). The number of benzene rings is 2. The Morgan fingerprint density at radius 3 is 2.67 bits per heavy atom. The Kier molecular flexibility index (Phi) is 5.57. The predicted octanol–water partition coefficient (Wildman–Crippen LogP) is 3.96. The quantitative estimate of drug-likeness (QED) is 0.579. The van der Waals surface area contributed by atoms with Gasteiger partial charge in [0.1, 0.15) is 18.6 Å². The SMILES string of the molecule is COC(=O)c1ccc(COc2coc(CN3c4ccccc4CC3C)cc2=O)cc1. The first-order chi connectivity index (χ1) is 14.5. The smallest absolute Gasteiger partial charge is 0.337 e. The van der Waals surface area contributed by atoms with Crippen LogP contribution in [-0.2, 0) is 24.3 Å². The average molecular weight is 405 g/mol. The van der Waals surface area contributed by atoms with Gasteiger partial charge in [0.15, 0.2) is 0 Å². The molecule has 30 heavy (non-hydrogen) atoms. The molecule has 1 aromatic heterocycles. The van der Waals surface area contributed by atoms with Crippen molar-refractivity contribution in [1.29, 1.82) is 0 Å². The Labute approximate surface area is 174 Å².